The van der Waals surface area contributed by atoms with Gasteiger partial charge in [-0.3, -0.25) is 0 Å². The van der Waals surface area contributed by atoms with Crippen LogP contribution in [0.25, 0.3) is 0 Å². The van der Waals surface area contributed by atoms with E-state index in [1.54, 1.807) is 0 Å². The van der Waals surface area contributed by atoms with Gasteiger partial charge in [0, 0.05) is 20.3 Å². The first-order valence-corrected chi connectivity index (χ1v) is 5.66. The maximum absolute atomic E-state index is 11.3. The maximum Gasteiger partial charge on any atom is 0.528 e. The van der Waals surface area contributed by atoms with Crippen LogP contribution in [0.1, 0.15) is 6.42 Å². The van der Waals surface area contributed by atoms with E-state index in [0.29, 0.717) is 11.8 Å². The molecule has 1 radical (unpaired) electrons. The van der Waals surface area contributed by atoms with Gasteiger partial charge < -0.3 is 8.85 Å². The van der Waals surface area contributed by atoms with Crippen molar-refractivity contribution in [2.45, 2.75) is 12.5 Å². The van der Waals surface area contributed by atoms with Gasteiger partial charge in [0.1, 0.15) is 0 Å². The van der Waals surface area contributed by atoms with Crippen molar-refractivity contribution in [1.82, 2.24) is 0 Å². The van der Waals surface area contributed by atoms with Crippen LogP contribution in [0.3, 0.4) is 0 Å². The molecule has 0 aliphatic heterocycles. The fraction of sp³-hybridized carbons (Fsp3) is 1.00. The fourth-order valence-electron chi connectivity index (χ4n) is 0.583. The molecule has 61 valence electrons. The Kier molecular flexibility index (Phi) is 5.37. The molecule has 0 atom stereocenters. The second-order valence-electron chi connectivity index (χ2n) is 1.92. The van der Waals surface area contributed by atoms with Crippen molar-refractivity contribution in [3.63, 3.8) is 0 Å². The van der Waals surface area contributed by atoms with E-state index < -0.39 is 8.80 Å². The Balaban J connectivity index is 3.58. The molecule has 0 aliphatic rings. The van der Waals surface area contributed by atoms with Crippen LogP contribution in [0.2, 0.25) is 6.04 Å². The van der Waals surface area contributed by atoms with Crippen LogP contribution in [0.15, 0.2) is 0 Å². The summed E-state index contributed by atoms with van der Waals surface area (Å²) in [6.45, 7) is 0. The second-order valence-corrected chi connectivity index (χ2v) is 5.05. The average Bonchev–Trinajstić information content (AvgIpc) is 2.00. The molecule has 0 saturated heterocycles. The van der Waals surface area contributed by atoms with E-state index in [0.717, 1.165) is 6.42 Å². The van der Waals surface area contributed by atoms with Crippen molar-refractivity contribution in [3.8, 4) is 0 Å². The molecule has 0 aliphatic carbocycles. The van der Waals surface area contributed by atoms with Crippen LogP contribution in [-0.2, 0) is 13.6 Å². The molecule has 0 unspecified atom stereocenters. The Morgan fingerprint density at radius 2 is 1.90 bits per heavy atom. The van der Waals surface area contributed by atoms with E-state index in [4.69, 9.17) is 8.85 Å². The molecule has 5 heteroatoms. The van der Waals surface area contributed by atoms with Crippen molar-refractivity contribution < 1.29 is 13.6 Å². The van der Waals surface area contributed by atoms with Gasteiger partial charge in [0.05, 0.1) is 0 Å². The Bertz CT molecular complexity index is 87.0. The number of rotatable bonds is 5. The fourth-order valence-corrected chi connectivity index (χ4v) is 2.22. The zero-order chi connectivity index (χ0) is 8.04. The van der Waals surface area contributed by atoms with Crippen LogP contribution < -0.4 is 0 Å². The third-order valence-corrected chi connectivity index (χ3v) is 3.79. The van der Waals surface area contributed by atoms with Crippen molar-refractivity contribution in [3.05, 3.63) is 0 Å². The van der Waals surface area contributed by atoms with Crippen LogP contribution >= 0.6 is 12.6 Å². The minimum Gasteiger partial charge on any atom is -0.376 e. The average molecular weight is 181 g/mol. The number of hydrogen-bond donors (Lipinski definition) is 1. The SMILES string of the molecule is CO[Si]([O])(CCCS)OC. The minimum atomic E-state index is -3.02. The lowest BCUT2D eigenvalue weighted by molar-refractivity contribution is 0.118. The Morgan fingerprint density at radius 1 is 1.40 bits per heavy atom. The summed E-state index contributed by atoms with van der Waals surface area (Å²) in [5.74, 6) is 0.712. The summed E-state index contributed by atoms with van der Waals surface area (Å²) in [5.41, 5.74) is 0. The Morgan fingerprint density at radius 3 is 2.20 bits per heavy atom. The monoisotopic (exact) mass is 181 g/mol. The molecule has 0 aromatic carbocycles. The topological polar surface area (TPSA) is 38.4 Å². The van der Waals surface area contributed by atoms with E-state index in [2.05, 4.69) is 12.6 Å². The molecular formula is C5H13O3SSi. The van der Waals surface area contributed by atoms with Gasteiger partial charge in [-0.25, -0.2) is 4.80 Å². The lowest BCUT2D eigenvalue weighted by Gasteiger charge is -2.16. The van der Waals surface area contributed by atoms with Gasteiger partial charge in [0.2, 0.25) is 0 Å². The third-order valence-electron chi connectivity index (χ3n) is 1.26. The zero-order valence-corrected chi connectivity index (χ0v) is 8.19. The molecule has 10 heavy (non-hydrogen) atoms. The predicted molar refractivity (Wildman–Crippen MR) is 43.7 cm³/mol. The molecule has 0 rings (SSSR count). The Hall–Kier alpha value is 0.447. The first-order chi connectivity index (χ1) is 4.68. The smallest absolute Gasteiger partial charge is 0.376 e. The van der Waals surface area contributed by atoms with Crippen LogP contribution in [0, 0.1) is 0 Å². The van der Waals surface area contributed by atoms with Gasteiger partial charge in [-0.1, -0.05) is 0 Å². The van der Waals surface area contributed by atoms with Gasteiger partial charge in [-0.05, 0) is 12.2 Å². The normalized spacial score (nSPS) is 12.0. The minimum absolute atomic E-state index is 0.476. The van der Waals surface area contributed by atoms with E-state index in [1.807, 2.05) is 0 Å². The first kappa shape index (κ1) is 10.4. The highest BCUT2D eigenvalue weighted by Gasteiger charge is 2.35. The molecule has 0 fully saturated rings. The van der Waals surface area contributed by atoms with Gasteiger partial charge in [-0.2, -0.15) is 12.6 Å². The van der Waals surface area contributed by atoms with E-state index >= 15 is 0 Å². The van der Waals surface area contributed by atoms with Gasteiger partial charge in [0.25, 0.3) is 0 Å². The van der Waals surface area contributed by atoms with Crippen molar-refractivity contribution in [2.75, 3.05) is 20.0 Å². The lowest BCUT2D eigenvalue weighted by Crippen LogP contribution is -2.38. The van der Waals surface area contributed by atoms with E-state index in [9.17, 15) is 4.80 Å². The lowest BCUT2D eigenvalue weighted by atomic mass is 10.6. The molecule has 0 aromatic heterocycles. The molecule has 0 N–H and O–H groups in total. The summed E-state index contributed by atoms with van der Waals surface area (Å²) in [7, 11) is -0.209. The van der Waals surface area contributed by atoms with E-state index in [-0.39, 0.29) is 0 Å². The summed E-state index contributed by atoms with van der Waals surface area (Å²) < 4.78 is 9.43. The quantitative estimate of drug-likeness (QED) is 0.507. The second kappa shape index (κ2) is 5.14. The molecule has 0 amide bonds. The highest BCUT2D eigenvalue weighted by Crippen LogP contribution is 2.11. The number of hydrogen-bond acceptors (Lipinski definition) is 3. The molecule has 0 aromatic rings. The Labute approximate surface area is 68.1 Å². The van der Waals surface area contributed by atoms with Gasteiger partial charge >= 0.3 is 8.80 Å². The van der Waals surface area contributed by atoms with Gasteiger partial charge in [0.15, 0.2) is 0 Å². The molecule has 0 bridgehead atoms. The van der Waals surface area contributed by atoms with Crippen molar-refractivity contribution >= 4 is 21.4 Å². The van der Waals surface area contributed by atoms with Crippen LogP contribution in [0.4, 0.5) is 0 Å². The van der Waals surface area contributed by atoms with Crippen molar-refractivity contribution in [1.29, 1.82) is 0 Å². The summed E-state index contributed by atoms with van der Waals surface area (Å²) in [4.78, 5) is 11.3. The molecule has 3 nitrogen and oxygen atoms in total. The molecule has 0 heterocycles. The summed E-state index contributed by atoms with van der Waals surface area (Å²) in [5, 5.41) is 0. The predicted octanol–water partition coefficient (Wildman–Crippen LogP) is 0.968. The largest absolute Gasteiger partial charge is 0.528 e. The zero-order valence-electron chi connectivity index (χ0n) is 6.29. The summed E-state index contributed by atoms with van der Waals surface area (Å²) in [6, 6.07) is 0.476. The van der Waals surface area contributed by atoms with Gasteiger partial charge in [-0.15, -0.1) is 0 Å². The van der Waals surface area contributed by atoms with Crippen molar-refractivity contribution in [2.24, 2.45) is 0 Å². The standard InChI is InChI=1S/C5H13O3SSi/c1-7-10(6,8-2)5-3-4-9/h9H,3-5H2,1-2H3. The maximum atomic E-state index is 11.3. The molecular weight excluding hydrogens is 168 g/mol. The van der Waals surface area contributed by atoms with Crippen LogP contribution in [-0.4, -0.2) is 28.8 Å². The highest BCUT2D eigenvalue weighted by atomic mass is 32.1. The van der Waals surface area contributed by atoms with E-state index in [1.165, 1.54) is 14.2 Å². The first-order valence-electron chi connectivity index (χ1n) is 3.10. The number of thiol groups is 1. The summed E-state index contributed by atoms with van der Waals surface area (Å²) in [6.07, 6.45) is 0.764. The summed E-state index contributed by atoms with van der Waals surface area (Å²) >= 11 is 3.98. The van der Waals surface area contributed by atoms with Crippen LogP contribution in [0.5, 0.6) is 0 Å². The molecule has 0 saturated carbocycles. The highest BCUT2D eigenvalue weighted by molar-refractivity contribution is 7.80. The third kappa shape index (κ3) is 3.57. The molecule has 0 spiro atoms.